The van der Waals surface area contributed by atoms with Crippen molar-refractivity contribution < 1.29 is 0 Å². The lowest BCUT2D eigenvalue weighted by Gasteiger charge is -2.27. The van der Waals surface area contributed by atoms with Crippen LogP contribution >= 0.6 is 23.1 Å². The molecule has 2 unspecified atom stereocenters. The molecule has 5 aromatic rings. The van der Waals surface area contributed by atoms with Crippen LogP contribution in [0.2, 0.25) is 10.1 Å². The fraction of sp³-hybridized carbons (Fsp3) is 0.263. The molecule has 4 radical (unpaired) electrons. The maximum absolute atomic E-state index is 3.79. The summed E-state index contributed by atoms with van der Waals surface area (Å²) < 4.78 is 2.66. The van der Waals surface area contributed by atoms with Gasteiger partial charge in [-0.15, -0.1) is 34.2 Å². The van der Waals surface area contributed by atoms with Gasteiger partial charge in [-0.3, -0.25) is 0 Å². The highest BCUT2D eigenvalue weighted by atomic mass is 32.2. The van der Waals surface area contributed by atoms with E-state index >= 15 is 0 Å². The van der Waals surface area contributed by atoms with Gasteiger partial charge < -0.3 is 0 Å². The van der Waals surface area contributed by atoms with Crippen molar-refractivity contribution in [3.05, 3.63) is 94.6 Å². The summed E-state index contributed by atoms with van der Waals surface area (Å²) in [5.74, 6) is 7.92. The van der Waals surface area contributed by atoms with E-state index in [1.807, 2.05) is 23.1 Å². The van der Waals surface area contributed by atoms with Crippen molar-refractivity contribution in [2.75, 3.05) is 0 Å². The number of allylic oxidation sites excluding steroid dienone is 1. The van der Waals surface area contributed by atoms with Crippen LogP contribution in [0.15, 0.2) is 71.6 Å². The maximum atomic E-state index is 3.79. The van der Waals surface area contributed by atoms with E-state index < -0.39 is 0 Å². The van der Waals surface area contributed by atoms with Gasteiger partial charge in [0.25, 0.3) is 0 Å². The Hall–Kier alpha value is -3.00. The van der Waals surface area contributed by atoms with E-state index in [9.17, 15) is 0 Å². The number of rotatable bonds is 0. The zero-order valence-electron chi connectivity index (χ0n) is 24.9. The number of hydrogen-bond acceptors (Lipinski definition) is 2. The summed E-state index contributed by atoms with van der Waals surface area (Å²) in [6.07, 6.45) is 4.82. The number of benzene rings is 4. The average Bonchev–Trinajstić information content (AvgIpc) is 3.51. The topological polar surface area (TPSA) is 0 Å². The molecule has 0 N–H and O–H groups in total. The van der Waals surface area contributed by atoms with E-state index in [1.165, 1.54) is 63.7 Å². The van der Waals surface area contributed by atoms with Gasteiger partial charge in [0, 0.05) is 58.1 Å². The van der Waals surface area contributed by atoms with Crippen LogP contribution in [-0.2, 0) is 0 Å². The van der Waals surface area contributed by atoms with Crippen molar-refractivity contribution in [1.82, 2.24) is 0 Å². The van der Waals surface area contributed by atoms with Crippen molar-refractivity contribution >= 4 is 79.2 Å². The van der Waals surface area contributed by atoms with Crippen LogP contribution in [0.1, 0.15) is 80.5 Å². The van der Waals surface area contributed by atoms with Crippen LogP contribution in [0.5, 0.6) is 0 Å². The van der Waals surface area contributed by atoms with Crippen LogP contribution in [0, 0.1) is 22.9 Å². The van der Waals surface area contributed by atoms with E-state index in [1.54, 1.807) is 0 Å². The van der Waals surface area contributed by atoms with E-state index in [2.05, 4.69) is 137 Å². The fourth-order valence-electron chi connectivity index (χ4n) is 5.97. The van der Waals surface area contributed by atoms with E-state index in [-0.39, 0.29) is 10.1 Å². The SMILES string of the molecule is CC(C)(C)[Si]C#Cc1c2c(c(C#C[Si]C(C)(C)C)c3c1ccc1c4ccccc4sc13)C=CC1c3ccccc3SC21. The number of fused-ring (bicyclic) bond motifs is 10. The van der Waals surface area contributed by atoms with Crippen LogP contribution in [0.3, 0.4) is 0 Å². The van der Waals surface area contributed by atoms with Gasteiger partial charge >= 0.3 is 0 Å². The molecule has 0 fully saturated rings. The third kappa shape index (κ3) is 4.89. The Labute approximate surface area is 263 Å². The van der Waals surface area contributed by atoms with Crippen molar-refractivity contribution in [3.63, 3.8) is 0 Å². The molecule has 1 aliphatic heterocycles. The van der Waals surface area contributed by atoms with Crippen LogP contribution < -0.4 is 0 Å². The molecule has 4 heteroatoms. The van der Waals surface area contributed by atoms with Gasteiger partial charge in [0.05, 0.1) is 0 Å². The minimum absolute atomic E-state index is 0.180. The molecule has 2 aliphatic rings. The molecule has 1 aromatic heterocycles. The van der Waals surface area contributed by atoms with E-state index in [4.69, 9.17) is 0 Å². The third-order valence-corrected chi connectivity index (χ3v) is 12.4. The molecule has 7 rings (SSSR count). The molecular weight excluding hydrogens is 577 g/mol. The van der Waals surface area contributed by atoms with Crippen LogP contribution in [-0.4, -0.2) is 19.0 Å². The number of hydrogen-bond donors (Lipinski definition) is 0. The highest BCUT2D eigenvalue weighted by molar-refractivity contribution is 8.00. The smallest absolute Gasteiger partial charge is 0.134 e. The van der Waals surface area contributed by atoms with Gasteiger partial charge in [0.2, 0.25) is 0 Å². The van der Waals surface area contributed by atoms with Crippen molar-refractivity contribution in [2.24, 2.45) is 0 Å². The first-order chi connectivity index (χ1) is 20.1. The zero-order chi connectivity index (χ0) is 29.2. The Morgan fingerprint density at radius 1 is 0.714 bits per heavy atom. The second kappa shape index (κ2) is 10.3. The Bertz CT molecular complexity index is 2060. The second-order valence-corrected chi connectivity index (χ2v) is 19.5. The zero-order valence-corrected chi connectivity index (χ0v) is 28.5. The molecule has 1 aliphatic carbocycles. The minimum Gasteiger partial charge on any atom is -0.134 e. The highest BCUT2D eigenvalue weighted by Gasteiger charge is 2.38. The summed E-state index contributed by atoms with van der Waals surface area (Å²) in [5, 5.41) is 5.85. The summed E-state index contributed by atoms with van der Waals surface area (Å²) in [6, 6.07) is 22.4. The van der Waals surface area contributed by atoms with Gasteiger partial charge in [-0.1, -0.05) is 114 Å². The maximum Gasteiger partial charge on any atom is 0.154 e. The molecule has 42 heavy (non-hydrogen) atoms. The highest BCUT2D eigenvalue weighted by Crippen LogP contribution is 2.59. The first-order valence-electron chi connectivity index (χ1n) is 14.5. The van der Waals surface area contributed by atoms with E-state index in [0.29, 0.717) is 30.2 Å². The molecule has 0 amide bonds. The number of thiophene rings is 1. The van der Waals surface area contributed by atoms with Gasteiger partial charge in [-0.25, -0.2) is 0 Å². The normalized spacial score (nSPS) is 17.4. The lowest BCUT2D eigenvalue weighted by Crippen LogP contribution is -2.12. The minimum atomic E-state index is 0.180. The van der Waals surface area contributed by atoms with Crippen molar-refractivity contribution in [2.45, 2.75) is 67.7 Å². The first kappa shape index (κ1) is 27.8. The van der Waals surface area contributed by atoms with Crippen molar-refractivity contribution in [1.29, 1.82) is 0 Å². The van der Waals surface area contributed by atoms with Gasteiger partial charge in [-0.05, 0) is 38.9 Å². The lowest BCUT2D eigenvalue weighted by molar-refractivity contribution is 0.760. The lowest BCUT2D eigenvalue weighted by atomic mass is 9.79. The largest absolute Gasteiger partial charge is 0.154 e. The van der Waals surface area contributed by atoms with Crippen LogP contribution in [0.25, 0.3) is 37.0 Å². The summed E-state index contributed by atoms with van der Waals surface area (Å²) in [7, 11) is 1.15. The molecule has 0 nitrogen and oxygen atoms in total. The fourth-order valence-corrected chi connectivity index (χ4v) is 9.87. The molecule has 0 saturated heterocycles. The van der Waals surface area contributed by atoms with Gasteiger partial charge in [0.15, 0.2) is 19.0 Å². The Kier molecular flexibility index (Phi) is 6.84. The first-order valence-corrected chi connectivity index (χ1v) is 18.2. The molecule has 0 spiro atoms. The van der Waals surface area contributed by atoms with E-state index in [0.717, 1.165) is 0 Å². The van der Waals surface area contributed by atoms with Crippen molar-refractivity contribution in [3.8, 4) is 22.9 Å². The molecule has 204 valence electrons. The predicted molar refractivity (Wildman–Crippen MR) is 188 cm³/mol. The quantitative estimate of drug-likeness (QED) is 0.124. The number of thioether (sulfide) groups is 1. The molecule has 2 atom stereocenters. The summed E-state index contributed by atoms with van der Waals surface area (Å²) >= 11 is 3.91. The summed E-state index contributed by atoms with van der Waals surface area (Å²) in [4.78, 5) is 1.39. The molecule has 4 aromatic carbocycles. The molecule has 0 saturated carbocycles. The summed E-state index contributed by atoms with van der Waals surface area (Å²) in [5.41, 5.74) is 13.8. The molecule has 0 bridgehead atoms. The standard InChI is InChI=1S/C38H32S2Si2/c1-37(2,3)41-21-19-27-25-15-17-30-24-12-8-10-14-32(24)40-36(30)34(25)28(20-22-42-38(4,5)6)26-16-18-29-23-11-7-9-13-31(23)39-35(29)33(26)27/h7-18,29,35H,1-6H3. The van der Waals surface area contributed by atoms with Crippen LogP contribution in [0.4, 0.5) is 0 Å². The Morgan fingerprint density at radius 3 is 2.14 bits per heavy atom. The average molecular weight is 609 g/mol. The monoisotopic (exact) mass is 608 g/mol. The third-order valence-electron chi connectivity index (χ3n) is 7.76. The van der Waals surface area contributed by atoms with Gasteiger partial charge in [0.1, 0.15) is 0 Å². The predicted octanol–water partition coefficient (Wildman–Crippen LogP) is 10.6. The summed E-state index contributed by atoms with van der Waals surface area (Å²) in [6.45, 7) is 13.7. The Morgan fingerprint density at radius 2 is 1.38 bits per heavy atom. The van der Waals surface area contributed by atoms with Gasteiger partial charge in [-0.2, -0.15) is 0 Å². The Balaban J connectivity index is 1.59. The molecular formula is C38H32S2Si2. The molecule has 2 heterocycles. The second-order valence-electron chi connectivity index (χ2n) is 13.3.